The summed E-state index contributed by atoms with van der Waals surface area (Å²) in [5.74, 6) is -1.71. The van der Waals surface area contributed by atoms with Gasteiger partial charge in [-0.15, -0.1) is 0 Å². The number of hydrogen-bond donors (Lipinski definition) is 1. The molecule has 1 amide bonds. The first-order valence-electron chi connectivity index (χ1n) is 6.82. The summed E-state index contributed by atoms with van der Waals surface area (Å²) in [5.41, 5.74) is 1.23. The van der Waals surface area contributed by atoms with Gasteiger partial charge < -0.3 is 9.88 Å². The fraction of sp³-hybridized carbons (Fsp3) is 0.118. The Bertz CT molecular complexity index is 835. The summed E-state index contributed by atoms with van der Waals surface area (Å²) >= 11 is 0. The van der Waals surface area contributed by atoms with Crippen molar-refractivity contribution in [3.63, 3.8) is 0 Å². The van der Waals surface area contributed by atoms with Crippen molar-refractivity contribution in [1.29, 1.82) is 0 Å². The van der Waals surface area contributed by atoms with Gasteiger partial charge in [-0.25, -0.2) is 8.78 Å². The molecule has 0 saturated carbocycles. The Hall–Kier alpha value is -2.69. The molecule has 0 aliphatic heterocycles. The van der Waals surface area contributed by atoms with E-state index in [9.17, 15) is 13.6 Å². The van der Waals surface area contributed by atoms with Gasteiger partial charge in [0.15, 0.2) is 0 Å². The van der Waals surface area contributed by atoms with E-state index in [0.717, 1.165) is 10.9 Å². The SMILES string of the molecule is Cn1ccc2ccc(C(=O)NCc3c(F)cccc3F)cc21. The molecular formula is C17H14F2N2O. The number of halogens is 2. The first kappa shape index (κ1) is 14.3. The van der Waals surface area contributed by atoms with E-state index in [-0.39, 0.29) is 18.0 Å². The van der Waals surface area contributed by atoms with Crippen LogP contribution >= 0.6 is 0 Å². The number of nitrogens with one attached hydrogen (secondary N) is 1. The number of hydrogen-bond acceptors (Lipinski definition) is 1. The number of fused-ring (bicyclic) bond motifs is 1. The van der Waals surface area contributed by atoms with Crippen molar-refractivity contribution in [2.24, 2.45) is 7.05 Å². The number of aromatic nitrogens is 1. The molecular weight excluding hydrogens is 286 g/mol. The zero-order chi connectivity index (χ0) is 15.7. The highest BCUT2D eigenvalue weighted by atomic mass is 19.1. The third-order valence-corrected chi connectivity index (χ3v) is 3.64. The average Bonchev–Trinajstić information content (AvgIpc) is 2.87. The van der Waals surface area contributed by atoms with E-state index in [0.29, 0.717) is 5.56 Å². The predicted octanol–water partition coefficient (Wildman–Crippen LogP) is 3.39. The maximum Gasteiger partial charge on any atom is 0.251 e. The van der Waals surface area contributed by atoms with Crippen LogP contribution < -0.4 is 5.32 Å². The maximum atomic E-state index is 13.5. The van der Waals surface area contributed by atoms with Crippen molar-refractivity contribution < 1.29 is 13.6 Å². The van der Waals surface area contributed by atoms with Crippen LogP contribution in [-0.2, 0) is 13.6 Å². The summed E-state index contributed by atoms with van der Waals surface area (Å²) < 4.78 is 29.0. The lowest BCUT2D eigenvalue weighted by molar-refractivity contribution is 0.0950. The molecule has 112 valence electrons. The summed E-state index contributed by atoms with van der Waals surface area (Å²) in [6, 6.07) is 10.9. The Morgan fingerprint density at radius 1 is 1.14 bits per heavy atom. The molecule has 22 heavy (non-hydrogen) atoms. The lowest BCUT2D eigenvalue weighted by Gasteiger charge is -2.08. The first-order chi connectivity index (χ1) is 10.6. The molecule has 0 radical (unpaired) electrons. The minimum Gasteiger partial charge on any atom is -0.351 e. The minimum atomic E-state index is -0.668. The fourth-order valence-electron chi connectivity index (χ4n) is 2.38. The largest absolute Gasteiger partial charge is 0.351 e. The highest BCUT2D eigenvalue weighted by Crippen LogP contribution is 2.17. The molecule has 3 aromatic rings. The van der Waals surface area contributed by atoms with Gasteiger partial charge in [-0.2, -0.15) is 0 Å². The fourth-order valence-corrected chi connectivity index (χ4v) is 2.38. The van der Waals surface area contributed by atoms with E-state index < -0.39 is 11.6 Å². The Morgan fingerprint density at radius 2 is 1.86 bits per heavy atom. The molecule has 3 rings (SSSR count). The molecule has 0 bridgehead atoms. The third-order valence-electron chi connectivity index (χ3n) is 3.64. The van der Waals surface area contributed by atoms with Crippen LogP contribution in [0, 0.1) is 11.6 Å². The second-order valence-electron chi connectivity index (χ2n) is 5.08. The van der Waals surface area contributed by atoms with E-state index in [2.05, 4.69) is 5.32 Å². The first-order valence-corrected chi connectivity index (χ1v) is 6.82. The molecule has 0 aliphatic carbocycles. The van der Waals surface area contributed by atoms with Crippen LogP contribution in [0.25, 0.3) is 10.9 Å². The Morgan fingerprint density at radius 3 is 2.59 bits per heavy atom. The number of rotatable bonds is 3. The molecule has 3 nitrogen and oxygen atoms in total. The third kappa shape index (κ3) is 2.57. The van der Waals surface area contributed by atoms with E-state index in [1.807, 2.05) is 29.9 Å². The van der Waals surface area contributed by atoms with E-state index in [4.69, 9.17) is 0 Å². The zero-order valence-electron chi connectivity index (χ0n) is 11.9. The van der Waals surface area contributed by atoms with Crippen molar-refractivity contribution in [3.8, 4) is 0 Å². The zero-order valence-corrected chi connectivity index (χ0v) is 11.9. The van der Waals surface area contributed by atoms with Crippen LogP contribution in [0.4, 0.5) is 8.78 Å². The van der Waals surface area contributed by atoms with Gasteiger partial charge in [0, 0.05) is 36.4 Å². The second kappa shape index (κ2) is 5.60. The highest BCUT2D eigenvalue weighted by molar-refractivity contribution is 5.98. The molecule has 0 saturated heterocycles. The lowest BCUT2D eigenvalue weighted by Crippen LogP contribution is -2.24. The summed E-state index contributed by atoms with van der Waals surface area (Å²) in [5, 5.41) is 3.57. The Labute approximate surface area is 126 Å². The van der Waals surface area contributed by atoms with Gasteiger partial charge in [0.25, 0.3) is 5.91 Å². The van der Waals surface area contributed by atoms with Crippen molar-refractivity contribution >= 4 is 16.8 Å². The van der Waals surface area contributed by atoms with Gasteiger partial charge in [0.2, 0.25) is 0 Å². The number of carbonyl (C=O) groups is 1. The molecule has 2 aromatic carbocycles. The van der Waals surface area contributed by atoms with Gasteiger partial charge in [0.1, 0.15) is 11.6 Å². The van der Waals surface area contributed by atoms with E-state index in [1.165, 1.54) is 18.2 Å². The number of amides is 1. The van der Waals surface area contributed by atoms with Gasteiger partial charge in [-0.05, 0) is 35.7 Å². The van der Waals surface area contributed by atoms with Crippen LogP contribution in [0.3, 0.4) is 0 Å². The van der Waals surface area contributed by atoms with Crippen LogP contribution in [0.5, 0.6) is 0 Å². The number of benzene rings is 2. The van der Waals surface area contributed by atoms with Gasteiger partial charge in [-0.3, -0.25) is 4.79 Å². The number of aryl methyl sites for hydroxylation is 1. The summed E-state index contributed by atoms with van der Waals surface area (Å²) in [6.45, 7) is -0.192. The summed E-state index contributed by atoms with van der Waals surface area (Å²) in [7, 11) is 1.89. The standard InChI is InChI=1S/C17H14F2N2O/c1-21-8-7-11-5-6-12(9-16(11)21)17(22)20-10-13-14(18)3-2-4-15(13)19/h2-9H,10H2,1H3,(H,20,22). The number of carbonyl (C=O) groups excluding carboxylic acids is 1. The van der Waals surface area contributed by atoms with E-state index >= 15 is 0 Å². The second-order valence-corrected chi connectivity index (χ2v) is 5.08. The topological polar surface area (TPSA) is 34.0 Å². The Kier molecular flexibility index (Phi) is 3.63. The molecule has 0 unspecified atom stereocenters. The minimum absolute atomic E-state index is 0.143. The van der Waals surface area contributed by atoms with Gasteiger partial charge >= 0.3 is 0 Å². The summed E-state index contributed by atoms with van der Waals surface area (Å²) in [6.07, 6.45) is 1.90. The molecule has 0 fully saturated rings. The van der Waals surface area contributed by atoms with Crippen molar-refractivity contribution in [2.75, 3.05) is 0 Å². The highest BCUT2D eigenvalue weighted by Gasteiger charge is 2.12. The quantitative estimate of drug-likeness (QED) is 0.790. The molecule has 1 aromatic heterocycles. The average molecular weight is 300 g/mol. The summed E-state index contributed by atoms with van der Waals surface area (Å²) in [4.78, 5) is 12.2. The lowest BCUT2D eigenvalue weighted by atomic mass is 10.1. The number of nitrogens with zero attached hydrogens (tertiary/aromatic N) is 1. The molecule has 1 heterocycles. The van der Waals surface area contributed by atoms with Gasteiger partial charge in [0.05, 0.1) is 0 Å². The van der Waals surface area contributed by atoms with E-state index in [1.54, 1.807) is 12.1 Å². The molecule has 0 spiro atoms. The Balaban J connectivity index is 1.80. The van der Waals surface area contributed by atoms with Gasteiger partial charge in [-0.1, -0.05) is 12.1 Å². The maximum absolute atomic E-state index is 13.5. The van der Waals surface area contributed by atoms with Crippen molar-refractivity contribution in [1.82, 2.24) is 9.88 Å². The smallest absolute Gasteiger partial charge is 0.251 e. The molecule has 0 aliphatic rings. The van der Waals surface area contributed by atoms with Crippen molar-refractivity contribution in [3.05, 3.63) is 71.4 Å². The normalized spacial score (nSPS) is 10.9. The monoisotopic (exact) mass is 300 g/mol. The van der Waals surface area contributed by atoms with Crippen LogP contribution in [-0.4, -0.2) is 10.5 Å². The van der Waals surface area contributed by atoms with Crippen LogP contribution in [0.15, 0.2) is 48.7 Å². The molecule has 1 N–H and O–H groups in total. The molecule has 5 heteroatoms. The van der Waals surface area contributed by atoms with Crippen LogP contribution in [0.2, 0.25) is 0 Å². The van der Waals surface area contributed by atoms with Crippen LogP contribution in [0.1, 0.15) is 15.9 Å². The molecule has 0 atom stereocenters. The predicted molar refractivity (Wildman–Crippen MR) is 80.4 cm³/mol. The van der Waals surface area contributed by atoms with Crippen molar-refractivity contribution in [2.45, 2.75) is 6.54 Å².